The lowest BCUT2D eigenvalue weighted by Gasteiger charge is -2.26. The van der Waals surface area contributed by atoms with Gasteiger partial charge in [0.05, 0.1) is 21.6 Å². The molecule has 3 heterocycles. The lowest BCUT2D eigenvalue weighted by molar-refractivity contribution is -0.123. The van der Waals surface area contributed by atoms with Crippen molar-refractivity contribution < 1.29 is 9.90 Å². The maximum Gasteiger partial charge on any atom is 0.141 e. The van der Waals surface area contributed by atoms with Gasteiger partial charge in [0.2, 0.25) is 0 Å². The van der Waals surface area contributed by atoms with Crippen LogP contribution in [0.25, 0.3) is 21.3 Å². The number of carbonyl (C=O) groups is 1. The smallest absolute Gasteiger partial charge is 0.141 e. The first-order chi connectivity index (χ1) is 13.1. The number of Topliss-reactive ketones (excluding diaryl/α,β-unsaturated/α-hetero) is 1. The van der Waals surface area contributed by atoms with E-state index in [1.54, 1.807) is 17.5 Å². The Morgan fingerprint density at radius 2 is 1.93 bits per heavy atom. The number of nitrogens with zero attached hydrogens (tertiary/aromatic N) is 3. The second-order valence-electron chi connectivity index (χ2n) is 7.38. The fourth-order valence-corrected chi connectivity index (χ4v) is 4.55. The van der Waals surface area contributed by atoms with Crippen molar-refractivity contribution in [1.82, 2.24) is 15.0 Å². The van der Waals surface area contributed by atoms with Crippen molar-refractivity contribution in [2.75, 3.05) is 6.61 Å². The molecule has 1 aliphatic rings. The molecule has 0 amide bonds. The molecular weight excluding hydrogens is 358 g/mol. The number of carbonyl (C=O) groups excluding carboxylic acids is 1. The first-order valence-corrected chi connectivity index (χ1v) is 10.2. The molecule has 0 aromatic carbocycles. The quantitative estimate of drug-likeness (QED) is 0.724. The molecule has 3 aromatic heterocycles. The third-order valence-electron chi connectivity index (χ3n) is 5.45. The maximum absolute atomic E-state index is 12.7. The molecule has 27 heavy (non-hydrogen) atoms. The van der Waals surface area contributed by atoms with Gasteiger partial charge in [0, 0.05) is 48.0 Å². The summed E-state index contributed by atoms with van der Waals surface area (Å²) in [6.45, 7) is 2.23. The molecule has 0 bridgehead atoms. The molecule has 0 radical (unpaired) electrons. The molecule has 0 unspecified atom stereocenters. The Balaban J connectivity index is 1.51. The van der Waals surface area contributed by atoms with Crippen LogP contribution in [0.15, 0.2) is 30.7 Å². The molecule has 1 aliphatic carbocycles. The van der Waals surface area contributed by atoms with Crippen molar-refractivity contribution in [3.8, 4) is 10.4 Å². The summed E-state index contributed by atoms with van der Waals surface area (Å²) in [5, 5.41) is 11.3. The minimum absolute atomic E-state index is 0.106. The van der Waals surface area contributed by atoms with Crippen LogP contribution >= 0.6 is 11.3 Å². The number of rotatable bonds is 5. The Hall–Kier alpha value is -2.18. The van der Waals surface area contributed by atoms with E-state index >= 15 is 0 Å². The Morgan fingerprint density at radius 3 is 2.63 bits per heavy atom. The molecule has 3 aromatic rings. The van der Waals surface area contributed by atoms with Crippen LogP contribution in [0.5, 0.6) is 0 Å². The molecule has 1 fully saturated rings. The van der Waals surface area contributed by atoms with Gasteiger partial charge >= 0.3 is 0 Å². The summed E-state index contributed by atoms with van der Waals surface area (Å²) >= 11 is 1.65. The predicted molar refractivity (Wildman–Crippen MR) is 107 cm³/mol. The molecule has 140 valence electrons. The van der Waals surface area contributed by atoms with E-state index in [-0.39, 0.29) is 18.3 Å². The van der Waals surface area contributed by atoms with Gasteiger partial charge in [-0.25, -0.2) is 4.98 Å². The normalized spacial score (nSPS) is 20.1. The van der Waals surface area contributed by atoms with Crippen LogP contribution < -0.4 is 0 Å². The molecule has 6 heteroatoms. The van der Waals surface area contributed by atoms with Crippen molar-refractivity contribution in [1.29, 1.82) is 0 Å². The zero-order valence-corrected chi connectivity index (χ0v) is 16.2. The van der Waals surface area contributed by atoms with E-state index in [0.29, 0.717) is 12.3 Å². The van der Waals surface area contributed by atoms with Gasteiger partial charge in [-0.15, -0.1) is 11.3 Å². The largest absolute Gasteiger partial charge is 0.396 e. The van der Waals surface area contributed by atoms with Gasteiger partial charge in [-0.1, -0.05) is 0 Å². The van der Waals surface area contributed by atoms with E-state index in [2.05, 4.69) is 21.0 Å². The molecule has 0 saturated heterocycles. The van der Waals surface area contributed by atoms with Crippen LogP contribution in [0.1, 0.15) is 36.4 Å². The fourth-order valence-electron chi connectivity index (χ4n) is 3.79. The Kier molecular flexibility index (Phi) is 5.27. The van der Waals surface area contributed by atoms with E-state index in [0.717, 1.165) is 57.7 Å². The minimum Gasteiger partial charge on any atom is -0.396 e. The number of thiazole rings is 1. The standard InChI is InChI=1S/C21H23N3O2S/c1-13-22-11-21(27-13)17-6-16-7-18(23-10-19(16)24-9-17)8-20(26)15-4-2-14(12-25)3-5-15/h6-7,9-11,14-15,25H,2-5,8,12H2,1H3. The number of ketones is 1. The second-order valence-corrected chi connectivity index (χ2v) is 8.61. The van der Waals surface area contributed by atoms with Gasteiger partial charge in [0.25, 0.3) is 0 Å². The number of pyridine rings is 2. The van der Waals surface area contributed by atoms with E-state index in [4.69, 9.17) is 0 Å². The molecule has 5 nitrogen and oxygen atoms in total. The highest BCUT2D eigenvalue weighted by atomic mass is 32.1. The van der Waals surface area contributed by atoms with Gasteiger partial charge in [-0.2, -0.15) is 0 Å². The van der Waals surface area contributed by atoms with Gasteiger partial charge in [0.15, 0.2) is 0 Å². The molecular formula is C21H23N3O2S. The lowest BCUT2D eigenvalue weighted by Crippen LogP contribution is -2.24. The molecule has 1 N–H and O–H groups in total. The zero-order chi connectivity index (χ0) is 18.8. The third kappa shape index (κ3) is 4.06. The Bertz CT molecular complexity index is 961. The van der Waals surface area contributed by atoms with Crippen LogP contribution in [0, 0.1) is 18.8 Å². The van der Waals surface area contributed by atoms with E-state index in [1.807, 2.05) is 25.4 Å². The van der Waals surface area contributed by atoms with Crippen molar-refractivity contribution in [2.24, 2.45) is 11.8 Å². The monoisotopic (exact) mass is 381 g/mol. The average molecular weight is 382 g/mol. The van der Waals surface area contributed by atoms with Crippen LogP contribution in [-0.2, 0) is 11.2 Å². The number of fused-ring (bicyclic) bond motifs is 1. The van der Waals surface area contributed by atoms with Gasteiger partial charge < -0.3 is 5.11 Å². The molecule has 1 saturated carbocycles. The highest BCUT2D eigenvalue weighted by Crippen LogP contribution is 2.30. The highest BCUT2D eigenvalue weighted by molar-refractivity contribution is 7.15. The number of hydrogen-bond donors (Lipinski definition) is 1. The van der Waals surface area contributed by atoms with Gasteiger partial charge in [-0.3, -0.25) is 14.8 Å². The number of aromatic nitrogens is 3. The first kappa shape index (κ1) is 18.2. The zero-order valence-electron chi connectivity index (χ0n) is 15.4. The van der Waals surface area contributed by atoms with Crippen LogP contribution in [0.4, 0.5) is 0 Å². The van der Waals surface area contributed by atoms with Crippen molar-refractivity contribution in [2.45, 2.75) is 39.0 Å². The first-order valence-electron chi connectivity index (χ1n) is 9.43. The van der Waals surface area contributed by atoms with Crippen molar-refractivity contribution >= 4 is 28.0 Å². The summed E-state index contributed by atoms with van der Waals surface area (Å²) < 4.78 is 0. The number of aryl methyl sites for hydroxylation is 1. The van der Waals surface area contributed by atoms with Crippen molar-refractivity contribution in [3.63, 3.8) is 0 Å². The summed E-state index contributed by atoms with van der Waals surface area (Å²) in [5.41, 5.74) is 2.68. The number of hydrogen-bond acceptors (Lipinski definition) is 6. The average Bonchev–Trinajstić information content (AvgIpc) is 3.14. The van der Waals surface area contributed by atoms with E-state index in [9.17, 15) is 9.90 Å². The summed E-state index contributed by atoms with van der Waals surface area (Å²) in [6.07, 6.45) is 9.50. The molecule has 0 atom stereocenters. The fraction of sp³-hybridized carbons (Fsp3) is 0.429. The minimum atomic E-state index is 0.106. The lowest BCUT2D eigenvalue weighted by atomic mass is 9.79. The van der Waals surface area contributed by atoms with Gasteiger partial charge in [-0.05, 0) is 50.7 Å². The van der Waals surface area contributed by atoms with Crippen LogP contribution in [0.2, 0.25) is 0 Å². The van der Waals surface area contributed by atoms with E-state index < -0.39 is 0 Å². The summed E-state index contributed by atoms with van der Waals surface area (Å²) in [5.74, 6) is 0.739. The topological polar surface area (TPSA) is 76.0 Å². The van der Waals surface area contributed by atoms with Crippen LogP contribution in [0.3, 0.4) is 0 Å². The van der Waals surface area contributed by atoms with E-state index in [1.165, 1.54) is 0 Å². The molecule has 4 rings (SSSR count). The molecule has 0 spiro atoms. The summed E-state index contributed by atoms with van der Waals surface area (Å²) in [4.78, 5) is 27.0. The third-order valence-corrected chi connectivity index (χ3v) is 6.41. The maximum atomic E-state index is 12.7. The Morgan fingerprint density at radius 1 is 1.11 bits per heavy atom. The number of aliphatic hydroxyl groups excluding tert-OH is 1. The predicted octanol–water partition coefficient (Wildman–Crippen LogP) is 3.97. The van der Waals surface area contributed by atoms with Gasteiger partial charge in [0.1, 0.15) is 5.78 Å². The second kappa shape index (κ2) is 7.82. The summed E-state index contributed by atoms with van der Waals surface area (Å²) in [6, 6.07) is 4.08. The molecule has 0 aliphatic heterocycles. The Labute approximate surface area is 162 Å². The highest BCUT2D eigenvalue weighted by Gasteiger charge is 2.26. The van der Waals surface area contributed by atoms with Crippen LogP contribution in [-0.4, -0.2) is 32.4 Å². The summed E-state index contributed by atoms with van der Waals surface area (Å²) in [7, 11) is 0. The number of aliphatic hydroxyl groups is 1. The van der Waals surface area contributed by atoms with Crippen molar-refractivity contribution in [3.05, 3.63) is 41.4 Å². The SMILES string of the molecule is Cc1ncc(-c2cnc3cnc(CC(=O)C4CCC(CO)CC4)cc3c2)s1.